The van der Waals surface area contributed by atoms with Gasteiger partial charge in [-0.2, -0.15) is 8.42 Å². The first-order valence-corrected chi connectivity index (χ1v) is 13.0. The van der Waals surface area contributed by atoms with Crippen LogP contribution >= 0.6 is 11.6 Å². The number of nitrogens with zero attached hydrogens (tertiary/aromatic N) is 2. The van der Waals surface area contributed by atoms with Gasteiger partial charge in [-0.1, -0.05) is 49.4 Å². The van der Waals surface area contributed by atoms with Crippen LogP contribution in [0.1, 0.15) is 30.9 Å². The molecule has 0 bridgehead atoms. The third-order valence-corrected chi connectivity index (χ3v) is 7.96. The van der Waals surface area contributed by atoms with Gasteiger partial charge in [0.1, 0.15) is 16.5 Å². The molecule has 1 heterocycles. The van der Waals surface area contributed by atoms with E-state index in [2.05, 4.69) is 4.99 Å². The van der Waals surface area contributed by atoms with Crippen LogP contribution in [0.25, 0.3) is 5.57 Å². The second-order valence-corrected chi connectivity index (χ2v) is 10.8. The third-order valence-electron chi connectivity index (χ3n) is 6.06. The summed E-state index contributed by atoms with van der Waals surface area (Å²) in [6.45, 7) is 1.72. The minimum absolute atomic E-state index is 0.0107. The normalized spacial score (nSPS) is 24.6. The molecular formula is C25H25ClFN3O4S. The minimum atomic E-state index is -3.83. The lowest BCUT2D eigenvalue weighted by molar-refractivity contribution is -0.131. The van der Waals surface area contributed by atoms with Crippen molar-refractivity contribution in [2.75, 3.05) is 12.8 Å². The molecule has 0 spiro atoms. The topological polar surface area (TPSA) is 102 Å². The fraction of sp³-hybridized carbons (Fsp3) is 0.280. The van der Waals surface area contributed by atoms with Crippen molar-refractivity contribution in [1.29, 1.82) is 0 Å². The molecule has 2 aromatic carbocycles. The number of benzene rings is 2. The average Bonchev–Trinajstić information content (AvgIpc) is 3.06. The highest BCUT2D eigenvalue weighted by Gasteiger charge is 2.61. The van der Waals surface area contributed by atoms with Crippen molar-refractivity contribution in [3.05, 3.63) is 83.7 Å². The number of carbonyl (C=O) groups excluding carboxylic acids is 1. The number of carbonyl (C=O) groups is 1. The summed E-state index contributed by atoms with van der Waals surface area (Å²) in [5, 5.41) is 0. The van der Waals surface area contributed by atoms with Crippen LogP contribution in [0, 0.1) is 0 Å². The highest BCUT2D eigenvalue weighted by Crippen LogP contribution is 2.52. The van der Waals surface area contributed by atoms with E-state index in [0.717, 1.165) is 0 Å². The predicted octanol–water partition coefficient (Wildman–Crippen LogP) is 4.11. The highest BCUT2D eigenvalue weighted by molar-refractivity contribution is 7.87. The van der Waals surface area contributed by atoms with Crippen molar-refractivity contribution in [3.8, 4) is 5.75 Å². The Morgan fingerprint density at radius 3 is 2.54 bits per heavy atom. The molecule has 0 saturated carbocycles. The summed E-state index contributed by atoms with van der Waals surface area (Å²) in [7, 11) is -2.36. The fourth-order valence-corrected chi connectivity index (χ4v) is 5.75. The number of alkyl halides is 1. The summed E-state index contributed by atoms with van der Waals surface area (Å²) in [5.74, 6) is -1.22. The van der Waals surface area contributed by atoms with Gasteiger partial charge >= 0.3 is 10.1 Å². The molecule has 2 N–H and O–H groups in total. The van der Waals surface area contributed by atoms with Crippen molar-refractivity contribution >= 4 is 39.2 Å². The Bertz CT molecular complexity index is 1360. The fourth-order valence-electron chi connectivity index (χ4n) is 4.35. The lowest BCUT2D eigenvalue weighted by Crippen LogP contribution is -2.52. The van der Waals surface area contributed by atoms with Crippen molar-refractivity contribution in [1.82, 2.24) is 4.90 Å². The standard InChI is InChI=1S/C25H25ClFN3O4S/c1-3-14-35(32,33)34-19-11-7-10-18(15-19)25(22(31)30(2)23(28)29-25)24(26)13-12-21(27)20(16-24)17-8-5-4-6-9-17/h4-12,15-16H,3,13-14H2,1-2H3,(H2,28,29)/t24-,25?/m1/s1. The van der Waals surface area contributed by atoms with Crippen LogP contribution in [-0.2, 0) is 20.5 Å². The molecule has 4 rings (SSSR count). The van der Waals surface area contributed by atoms with Crippen LogP contribution in [0.15, 0.2) is 77.6 Å². The van der Waals surface area contributed by atoms with Gasteiger partial charge in [0.2, 0.25) is 0 Å². The van der Waals surface area contributed by atoms with E-state index in [4.69, 9.17) is 21.5 Å². The monoisotopic (exact) mass is 517 g/mol. The largest absolute Gasteiger partial charge is 0.382 e. The molecule has 2 aliphatic rings. The Labute approximate surface area is 208 Å². The smallest absolute Gasteiger partial charge is 0.309 e. The Kier molecular flexibility index (Phi) is 6.50. The maximum absolute atomic E-state index is 15.0. The molecule has 2 aromatic rings. The first kappa shape index (κ1) is 24.9. The molecule has 2 atom stereocenters. The first-order chi connectivity index (χ1) is 16.5. The Hall–Kier alpha value is -3.17. The van der Waals surface area contributed by atoms with Crippen molar-refractivity contribution in [3.63, 3.8) is 0 Å². The molecule has 0 fully saturated rings. The van der Waals surface area contributed by atoms with E-state index in [1.165, 1.54) is 36.2 Å². The molecule has 0 radical (unpaired) electrons. The molecule has 184 valence electrons. The van der Waals surface area contributed by atoms with E-state index in [1.807, 2.05) is 6.07 Å². The van der Waals surface area contributed by atoms with Crippen molar-refractivity contribution in [2.45, 2.75) is 30.2 Å². The Morgan fingerprint density at radius 2 is 1.91 bits per heavy atom. The molecule has 0 aromatic heterocycles. The first-order valence-electron chi connectivity index (χ1n) is 11.0. The summed E-state index contributed by atoms with van der Waals surface area (Å²) < 4.78 is 44.7. The van der Waals surface area contributed by atoms with E-state index >= 15 is 0 Å². The molecule has 1 aliphatic carbocycles. The predicted molar refractivity (Wildman–Crippen MR) is 134 cm³/mol. The van der Waals surface area contributed by atoms with Gasteiger partial charge in [-0.15, -0.1) is 11.6 Å². The van der Waals surface area contributed by atoms with E-state index in [9.17, 15) is 17.6 Å². The number of likely N-dealkylation sites (N-methyl/N-ethyl adjacent to an activating group) is 1. The number of aliphatic imine (C=N–C) groups is 1. The molecule has 10 heteroatoms. The van der Waals surface area contributed by atoms with Gasteiger partial charge in [0.25, 0.3) is 5.91 Å². The second-order valence-electron chi connectivity index (χ2n) is 8.46. The Morgan fingerprint density at radius 1 is 1.20 bits per heavy atom. The summed E-state index contributed by atoms with van der Waals surface area (Å²) in [5.41, 5.74) is 5.34. The van der Waals surface area contributed by atoms with E-state index < -0.39 is 32.3 Å². The number of allylic oxidation sites excluding steroid dienone is 3. The van der Waals surface area contributed by atoms with E-state index in [1.54, 1.807) is 43.3 Å². The number of hydrogen-bond acceptors (Lipinski definition) is 6. The van der Waals surface area contributed by atoms with Crippen LogP contribution in [0.4, 0.5) is 4.39 Å². The number of nitrogens with two attached hydrogens (primary N) is 1. The molecule has 7 nitrogen and oxygen atoms in total. The van der Waals surface area contributed by atoms with Crippen LogP contribution in [0.3, 0.4) is 0 Å². The zero-order valence-electron chi connectivity index (χ0n) is 19.2. The third kappa shape index (κ3) is 4.34. The summed E-state index contributed by atoms with van der Waals surface area (Å²) in [4.78, 5) is 17.8. The van der Waals surface area contributed by atoms with Crippen LogP contribution < -0.4 is 9.92 Å². The van der Waals surface area contributed by atoms with E-state index in [-0.39, 0.29) is 35.0 Å². The average molecular weight is 518 g/mol. The maximum atomic E-state index is 15.0. The maximum Gasteiger partial charge on any atom is 0.309 e. The number of hydrogen-bond donors (Lipinski definition) is 1. The van der Waals surface area contributed by atoms with Gasteiger partial charge in [0.15, 0.2) is 11.5 Å². The van der Waals surface area contributed by atoms with Gasteiger partial charge in [0.05, 0.1) is 5.75 Å². The lowest BCUT2D eigenvalue weighted by atomic mass is 9.72. The number of halogens is 2. The lowest BCUT2D eigenvalue weighted by Gasteiger charge is -2.40. The molecule has 35 heavy (non-hydrogen) atoms. The molecule has 1 amide bonds. The zero-order chi connectivity index (χ0) is 25.4. The van der Waals surface area contributed by atoms with Gasteiger partial charge in [0, 0.05) is 12.6 Å². The van der Waals surface area contributed by atoms with Crippen molar-refractivity contribution < 1.29 is 21.8 Å². The SMILES string of the molecule is CCCS(=O)(=O)Oc1cccc(C2([C@]3(Cl)C=C(c4ccccc4)C(F)=CC3)N=C(N)N(C)C2=O)c1. The number of guanidine groups is 1. The number of amides is 1. The number of rotatable bonds is 7. The molecule has 1 unspecified atom stereocenters. The van der Waals surface area contributed by atoms with Gasteiger partial charge in [-0.05, 0) is 48.3 Å². The molecule has 0 saturated heterocycles. The van der Waals surface area contributed by atoms with Gasteiger partial charge < -0.3 is 9.92 Å². The van der Waals surface area contributed by atoms with Crippen LogP contribution in [0.5, 0.6) is 5.75 Å². The van der Waals surface area contributed by atoms with E-state index in [0.29, 0.717) is 12.0 Å². The second kappa shape index (κ2) is 9.13. The quantitative estimate of drug-likeness (QED) is 0.440. The van der Waals surface area contributed by atoms with Gasteiger partial charge in [-0.25, -0.2) is 9.38 Å². The summed E-state index contributed by atoms with van der Waals surface area (Å²) in [6.07, 6.45) is 3.13. The van der Waals surface area contributed by atoms with Crippen molar-refractivity contribution in [2.24, 2.45) is 10.7 Å². The minimum Gasteiger partial charge on any atom is -0.382 e. The zero-order valence-corrected chi connectivity index (χ0v) is 20.8. The highest BCUT2D eigenvalue weighted by atomic mass is 35.5. The van der Waals surface area contributed by atoms with Crippen LogP contribution in [-0.4, -0.2) is 42.9 Å². The Balaban J connectivity index is 1.90. The van der Waals surface area contributed by atoms with Gasteiger partial charge in [-0.3, -0.25) is 9.69 Å². The molecule has 1 aliphatic heterocycles. The summed E-state index contributed by atoms with van der Waals surface area (Å²) in [6, 6.07) is 14.8. The summed E-state index contributed by atoms with van der Waals surface area (Å²) >= 11 is 7.19. The molecular weight excluding hydrogens is 493 g/mol. The van der Waals surface area contributed by atoms with Crippen LogP contribution in [0.2, 0.25) is 0 Å².